The summed E-state index contributed by atoms with van der Waals surface area (Å²) in [5, 5.41) is 3.07. The molecule has 4 nitrogen and oxygen atoms in total. The van der Waals surface area contributed by atoms with Gasteiger partial charge in [-0.2, -0.15) is 0 Å². The van der Waals surface area contributed by atoms with Gasteiger partial charge in [0.1, 0.15) is 0 Å². The van der Waals surface area contributed by atoms with E-state index in [9.17, 15) is 9.59 Å². The summed E-state index contributed by atoms with van der Waals surface area (Å²) in [6.45, 7) is 7.21. The predicted octanol–water partition coefficient (Wildman–Crippen LogP) is 2.62. The fraction of sp³-hybridized carbons (Fsp3) is 0.625. The highest BCUT2D eigenvalue weighted by molar-refractivity contribution is 7.14. The third-order valence-electron chi connectivity index (χ3n) is 3.91. The van der Waals surface area contributed by atoms with Gasteiger partial charge in [0, 0.05) is 30.3 Å². The van der Waals surface area contributed by atoms with E-state index < -0.39 is 0 Å². The van der Waals surface area contributed by atoms with Crippen LogP contribution in [0.3, 0.4) is 0 Å². The van der Waals surface area contributed by atoms with Crippen LogP contribution in [0.1, 0.15) is 47.2 Å². The summed E-state index contributed by atoms with van der Waals surface area (Å²) in [6, 6.07) is 4.03. The minimum absolute atomic E-state index is 0.000388. The molecule has 1 fully saturated rings. The van der Waals surface area contributed by atoms with E-state index in [1.54, 1.807) is 0 Å². The average molecular weight is 308 g/mol. The number of nitrogens with zero attached hydrogens (tertiary/aromatic N) is 1. The van der Waals surface area contributed by atoms with Crippen LogP contribution in [0.15, 0.2) is 12.1 Å². The maximum Gasteiger partial charge on any atom is 0.220 e. The zero-order valence-corrected chi connectivity index (χ0v) is 13.7. The highest BCUT2D eigenvalue weighted by Gasteiger charge is 2.20. The molecule has 0 spiro atoms. The van der Waals surface area contributed by atoms with Crippen molar-refractivity contribution in [2.45, 2.75) is 45.6 Å². The van der Waals surface area contributed by atoms with E-state index in [2.05, 4.69) is 17.1 Å². The fourth-order valence-electron chi connectivity index (χ4n) is 2.70. The second kappa shape index (κ2) is 7.71. The minimum atomic E-state index is -0.000388. The topological polar surface area (TPSA) is 49.4 Å². The Balaban J connectivity index is 1.73. The first kappa shape index (κ1) is 16.2. The average Bonchev–Trinajstić information content (AvgIpc) is 2.91. The number of likely N-dealkylation sites (tertiary alicyclic amines) is 1. The van der Waals surface area contributed by atoms with E-state index in [1.165, 1.54) is 11.3 Å². The number of amides is 1. The van der Waals surface area contributed by atoms with E-state index in [4.69, 9.17) is 0 Å². The zero-order valence-electron chi connectivity index (χ0n) is 12.9. The number of Topliss-reactive ketones (excluding diaryl/α,β-unsaturated/α-hetero) is 1. The van der Waals surface area contributed by atoms with Crippen molar-refractivity contribution in [2.24, 2.45) is 0 Å². The number of likely N-dealkylation sites (N-methyl/N-ethyl adjacent to an activating group) is 1. The predicted molar refractivity (Wildman–Crippen MR) is 85.9 cm³/mol. The molecule has 1 amide bonds. The summed E-state index contributed by atoms with van der Waals surface area (Å²) in [4.78, 5) is 28.2. The Morgan fingerprint density at radius 3 is 2.86 bits per heavy atom. The molecule has 1 aliphatic heterocycles. The Morgan fingerprint density at radius 1 is 1.38 bits per heavy atom. The molecule has 0 unspecified atom stereocenters. The monoisotopic (exact) mass is 308 g/mol. The molecule has 2 rings (SSSR count). The van der Waals surface area contributed by atoms with E-state index >= 15 is 0 Å². The van der Waals surface area contributed by atoms with Crippen LogP contribution in [0.4, 0.5) is 0 Å². The van der Waals surface area contributed by atoms with Crippen LogP contribution in [-0.4, -0.2) is 42.3 Å². The highest BCUT2D eigenvalue weighted by atomic mass is 32.1. The third-order valence-corrected chi connectivity index (χ3v) is 4.95. The second-order valence-corrected chi connectivity index (χ2v) is 6.92. The van der Waals surface area contributed by atoms with Gasteiger partial charge in [-0.3, -0.25) is 9.59 Å². The lowest BCUT2D eigenvalue weighted by atomic mass is 10.1. The van der Waals surface area contributed by atoms with E-state index in [0.29, 0.717) is 12.8 Å². The number of carbonyl (C=O) groups is 2. The van der Waals surface area contributed by atoms with Gasteiger partial charge in [0.15, 0.2) is 5.78 Å². The molecule has 0 aliphatic carbocycles. The number of thiophene rings is 1. The second-order valence-electron chi connectivity index (χ2n) is 5.63. The molecule has 21 heavy (non-hydrogen) atoms. The number of piperidine rings is 1. The van der Waals surface area contributed by atoms with Crippen LogP contribution in [0.5, 0.6) is 0 Å². The van der Waals surface area contributed by atoms with E-state index in [-0.39, 0.29) is 17.7 Å². The third kappa shape index (κ3) is 4.93. The van der Waals surface area contributed by atoms with Gasteiger partial charge in [-0.15, -0.1) is 11.3 Å². The lowest BCUT2D eigenvalue weighted by Crippen LogP contribution is -2.47. The van der Waals surface area contributed by atoms with Crippen LogP contribution in [0.2, 0.25) is 0 Å². The Morgan fingerprint density at radius 2 is 2.19 bits per heavy atom. The van der Waals surface area contributed by atoms with Crippen molar-refractivity contribution in [1.29, 1.82) is 0 Å². The Labute approximate surface area is 130 Å². The molecule has 0 aromatic carbocycles. The van der Waals surface area contributed by atoms with Crippen molar-refractivity contribution in [2.75, 3.05) is 19.6 Å². The molecule has 1 aromatic rings. The molecular formula is C16H24N2O2S. The standard InChI is InChI=1S/C16H24N2O2S/c1-3-18-10-4-5-13(11-18)17-16(20)9-7-14(19)15-8-6-12(2)21-15/h6,8,13H,3-5,7,9-11H2,1-2H3,(H,17,20)/t13-/m0/s1. The number of rotatable bonds is 6. The van der Waals surface area contributed by atoms with Crippen molar-refractivity contribution < 1.29 is 9.59 Å². The summed E-state index contributed by atoms with van der Waals surface area (Å²) >= 11 is 1.50. The number of hydrogen-bond acceptors (Lipinski definition) is 4. The van der Waals surface area contributed by atoms with Gasteiger partial charge >= 0.3 is 0 Å². The van der Waals surface area contributed by atoms with Crippen LogP contribution in [-0.2, 0) is 4.79 Å². The smallest absolute Gasteiger partial charge is 0.220 e. The molecule has 1 atom stereocenters. The van der Waals surface area contributed by atoms with Crippen molar-refractivity contribution in [3.05, 3.63) is 21.9 Å². The number of carbonyl (C=O) groups excluding carboxylic acids is 2. The molecule has 0 saturated carbocycles. The Bertz CT molecular complexity index is 498. The molecule has 5 heteroatoms. The minimum Gasteiger partial charge on any atom is -0.352 e. The van der Waals surface area contributed by atoms with Gasteiger partial charge in [0.05, 0.1) is 4.88 Å². The van der Waals surface area contributed by atoms with Crippen LogP contribution < -0.4 is 5.32 Å². The Kier molecular flexibility index (Phi) is 5.94. The highest BCUT2D eigenvalue weighted by Crippen LogP contribution is 2.17. The maximum absolute atomic E-state index is 12.0. The van der Waals surface area contributed by atoms with E-state index in [0.717, 1.165) is 42.2 Å². The van der Waals surface area contributed by atoms with Gasteiger partial charge in [-0.05, 0) is 45.0 Å². The largest absolute Gasteiger partial charge is 0.352 e. The van der Waals surface area contributed by atoms with Gasteiger partial charge in [0.2, 0.25) is 5.91 Å². The quantitative estimate of drug-likeness (QED) is 0.822. The SMILES string of the molecule is CCN1CCC[C@H](NC(=O)CCC(=O)c2ccc(C)s2)C1. The lowest BCUT2D eigenvalue weighted by molar-refractivity contribution is -0.122. The first-order valence-electron chi connectivity index (χ1n) is 7.70. The number of aryl methyl sites for hydroxylation is 1. The first-order chi connectivity index (χ1) is 10.1. The summed E-state index contributed by atoms with van der Waals surface area (Å²) < 4.78 is 0. The lowest BCUT2D eigenvalue weighted by Gasteiger charge is -2.32. The van der Waals surface area contributed by atoms with Crippen molar-refractivity contribution in [3.8, 4) is 0 Å². The van der Waals surface area contributed by atoms with Crippen molar-refractivity contribution in [3.63, 3.8) is 0 Å². The van der Waals surface area contributed by atoms with Crippen LogP contribution in [0, 0.1) is 6.92 Å². The van der Waals surface area contributed by atoms with Gasteiger partial charge in [-0.1, -0.05) is 6.92 Å². The number of nitrogens with one attached hydrogen (secondary N) is 1. The van der Waals surface area contributed by atoms with Crippen molar-refractivity contribution >= 4 is 23.0 Å². The number of hydrogen-bond donors (Lipinski definition) is 1. The van der Waals surface area contributed by atoms with Crippen molar-refractivity contribution in [1.82, 2.24) is 10.2 Å². The van der Waals surface area contributed by atoms with Crippen LogP contribution >= 0.6 is 11.3 Å². The van der Waals surface area contributed by atoms with Gasteiger partial charge < -0.3 is 10.2 Å². The summed E-state index contributed by atoms with van der Waals surface area (Å²) in [6.07, 6.45) is 2.76. The first-order valence-corrected chi connectivity index (χ1v) is 8.51. The van der Waals surface area contributed by atoms with Gasteiger partial charge in [0.25, 0.3) is 0 Å². The molecular weight excluding hydrogens is 284 g/mol. The molecule has 0 bridgehead atoms. The molecule has 1 N–H and O–H groups in total. The summed E-state index contributed by atoms with van der Waals surface area (Å²) in [5.41, 5.74) is 0. The molecule has 2 heterocycles. The molecule has 1 aromatic heterocycles. The van der Waals surface area contributed by atoms with Gasteiger partial charge in [-0.25, -0.2) is 0 Å². The van der Waals surface area contributed by atoms with E-state index in [1.807, 2.05) is 19.1 Å². The molecule has 1 saturated heterocycles. The maximum atomic E-state index is 12.0. The zero-order chi connectivity index (χ0) is 15.2. The van der Waals surface area contributed by atoms with Crippen LogP contribution in [0.25, 0.3) is 0 Å². The fourth-order valence-corrected chi connectivity index (χ4v) is 3.53. The summed E-state index contributed by atoms with van der Waals surface area (Å²) in [7, 11) is 0. The molecule has 0 radical (unpaired) electrons. The number of ketones is 1. The molecule has 116 valence electrons. The Hall–Kier alpha value is -1.20. The normalized spacial score (nSPS) is 19.4. The summed E-state index contributed by atoms with van der Waals surface area (Å²) in [5.74, 6) is 0.0710. The molecule has 1 aliphatic rings.